The summed E-state index contributed by atoms with van der Waals surface area (Å²) >= 11 is 0. The third-order valence-electron chi connectivity index (χ3n) is 2.60. The van der Waals surface area contributed by atoms with E-state index in [2.05, 4.69) is 9.82 Å². The highest BCUT2D eigenvalue weighted by Gasteiger charge is 2.14. The molecular formula is C12H16N4O3S. The number of hydrogen-bond donors (Lipinski definition) is 2. The molecule has 0 aliphatic rings. The van der Waals surface area contributed by atoms with Gasteiger partial charge in [-0.2, -0.15) is 5.10 Å². The van der Waals surface area contributed by atoms with E-state index >= 15 is 0 Å². The smallest absolute Gasteiger partial charge is 0.261 e. The first-order chi connectivity index (χ1) is 9.51. The molecule has 0 atom stereocenters. The number of anilines is 2. The molecule has 2 aromatic rings. The fraction of sp³-hybridized carbons (Fsp3) is 0.250. The van der Waals surface area contributed by atoms with E-state index in [9.17, 15) is 8.42 Å². The predicted octanol–water partition coefficient (Wildman–Crippen LogP) is 0.912. The molecule has 20 heavy (non-hydrogen) atoms. The van der Waals surface area contributed by atoms with Crippen molar-refractivity contribution in [3.8, 4) is 0 Å². The number of ether oxygens (including phenoxy) is 1. The van der Waals surface area contributed by atoms with Crippen molar-refractivity contribution < 1.29 is 13.2 Å². The first-order valence-corrected chi connectivity index (χ1v) is 7.39. The second-order valence-corrected chi connectivity index (χ2v) is 5.84. The van der Waals surface area contributed by atoms with E-state index in [1.54, 1.807) is 18.0 Å². The van der Waals surface area contributed by atoms with Gasteiger partial charge in [-0.25, -0.2) is 8.42 Å². The first kappa shape index (κ1) is 14.4. The molecular weight excluding hydrogens is 280 g/mol. The molecule has 0 saturated heterocycles. The molecule has 1 aromatic carbocycles. The molecule has 0 unspecified atom stereocenters. The molecule has 1 aromatic heterocycles. The van der Waals surface area contributed by atoms with E-state index in [4.69, 9.17) is 10.5 Å². The summed E-state index contributed by atoms with van der Waals surface area (Å²) in [5.74, 6) is 0. The Morgan fingerprint density at radius 3 is 2.70 bits per heavy atom. The van der Waals surface area contributed by atoms with Gasteiger partial charge in [-0.15, -0.1) is 0 Å². The summed E-state index contributed by atoms with van der Waals surface area (Å²) < 4.78 is 33.2. The fourth-order valence-electron chi connectivity index (χ4n) is 1.58. The molecule has 0 fully saturated rings. The molecule has 2 rings (SSSR count). The van der Waals surface area contributed by atoms with Crippen LogP contribution in [0, 0.1) is 0 Å². The molecule has 8 heteroatoms. The number of sulfonamides is 1. The molecule has 3 N–H and O–H groups in total. The number of nitrogens with two attached hydrogens (primary N) is 1. The Morgan fingerprint density at radius 2 is 2.05 bits per heavy atom. The van der Waals surface area contributed by atoms with Crippen molar-refractivity contribution in [2.75, 3.05) is 24.2 Å². The standard InChI is InChI=1S/C12H16N4O3S/c1-19-7-6-16-9-11(8-14-16)15-20(17,18)12-4-2-10(13)3-5-12/h2-5,8-9,15H,6-7,13H2,1H3. The van der Waals surface area contributed by atoms with E-state index in [1.165, 1.54) is 30.5 Å². The maximum atomic E-state index is 12.1. The second-order valence-electron chi connectivity index (χ2n) is 4.16. The summed E-state index contributed by atoms with van der Waals surface area (Å²) in [7, 11) is -2.04. The Bertz CT molecular complexity index is 664. The number of nitrogens with zero attached hydrogens (tertiary/aromatic N) is 2. The number of nitrogens with one attached hydrogen (secondary N) is 1. The van der Waals surface area contributed by atoms with Gasteiger partial charge < -0.3 is 10.5 Å². The largest absolute Gasteiger partial charge is 0.399 e. The third-order valence-corrected chi connectivity index (χ3v) is 4.00. The van der Waals surface area contributed by atoms with E-state index in [0.717, 1.165) is 0 Å². The third kappa shape index (κ3) is 3.49. The van der Waals surface area contributed by atoms with Crippen molar-refractivity contribution in [1.82, 2.24) is 9.78 Å². The van der Waals surface area contributed by atoms with Gasteiger partial charge in [0.05, 0.1) is 29.9 Å². The lowest BCUT2D eigenvalue weighted by Crippen LogP contribution is -2.12. The van der Waals surface area contributed by atoms with Crippen LogP contribution in [0.5, 0.6) is 0 Å². The Labute approximate surface area is 117 Å². The summed E-state index contributed by atoms with van der Waals surface area (Å²) in [6, 6.07) is 5.98. The Hall–Kier alpha value is -2.06. The monoisotopic (exact) mass is 296 g/mol. The van der Waals surface area contributed by atoms with Crippen LogP contribution in [0.3, 0.4) is 0 Å². The van der Waals surface area contributed by atoms with Crippen molar-refractivity contribution in [2.45, 2.75) is 11.4 Å². The average Bonchev–Trinajstić information content (AvgIpc) is 2.83. The fourth-order valence-corrected chi connectivity index (χ4v) is 2.61. The molecule has 0 saturated carbocycles. The van der Waals surface area contributed by atoms with Crippen LogP contribution >= 0.6 is 0 Å². The number of methoxy groups -OCH3 is 1. The normalized spacial score (nSPS) is 11.4. The van der Waals surface area contributed by atoms with Crippen LogP contribution in [0.1, 0.15) is 0 Å². The van der Waals surface area contributed by atoms with Crippen molar-refractivity contribution in [3.63, 3.8) is 0 Å². The number of nitrogen functional groups attached to an aromatic ring is 1. The van der Waals surface area contributed by atoms with Crippen LogP contribution in [0.15, 0.2) is 41.6 Å². The van der Waals surface area contributed by atoms with E-state index in [1.807, 2.05) is 0 Å². The highest BCUT2D eigenvalue weighted by Crippen LogP contribution is 2.16. The second kappa shape index (κ2) is 5.93. The zero-order valence-electron chi connectivity index (χ0n) is 11.0. The minimum Gasteiger partial charge on any atom is -0.399 e. The van der Waals surface area contributed by atoms with Gasteiger partial charge in [0, 0.05) is 19.0 Å². The zero-order chi connectivity index (χ0) is 14.6. The molecule has 0 spiro atoms. The topological polar surface area (TPSA) is 99.2 Å². The number of benzene rings is 1. The van der Waals surface area contributed by atoms with Gasteiger partial charge >= 0.3 is 0 Å². The minimum atomic E-state index is -3.63. The number of rotatable bonds is 6. The van der Waals surface area contributed by atoms with E-state index in [0.29, 0.717) is 24.5 Å². The van der Waals surface area contributed by atoms with Gasteiger partial charge in [-0.1, -0.05) is 0 Å². The van der Waals surface area contributed by atoms with Crippen molar-refractivity contribution in [2.24, 2.45) is 0 Å². The Balaban J connectivity index is 2.12. The van der Waals surface area contributed by atoms with Gasteiger partial charge in [0.15, 0.2) is 0 Å². The van der Waals surface area contributed by atoms with E-state index < -0.39 is 10.0 Å². The van der Waals surface area contributed by atoms with Crippen LogP contribution in [0.2, 0.25) is 0 Å². The van der Waals surface area contributed by atoms with Crippen LogP contribution in [-0.4, -0.2) is 31.9 Å². The van der Waals surface area contributed by atoms with Crippen LogP contribution in [0.25, 0.3) is 0 Å². The molecule has 0 bridgehead atoms. The summed E-state index contributed by atoms with van der Waals surface area (Å²) in [6.07, 6.45) is 3.05. The maximum absolute atomic E-state index is 12.1. The lowest BCUT2D eigenvalue weighted by Gasteiger charge is -2.06. The van der Waals surface area contributed by atoms with Crippen LogP contribution in [0.4, 0.5) is 11.4 Å². The minimum absolute atomic E-state index is 0.149. The van der Waals surface area contributed by atoms with E-state index in [-0.39, 0.29) is 4.90 Å². The molecule has 1 heterocycles. The zero-order valence-corrected chi connectivity index (χ0v) is 11.8. The lowest BCUT2D eigenvalue weighted by molar-refractivity contribution is 0.183. The van der Waals surface area contributed by atoms with Crippen molar-refractivity contribution >= 4 is 21.4 Å². The quantitative estimate of drug-likeness (QED) is 0.772. The molecule has 0 aliphatic carbocycles. The lowest BCUT2D eigenvalue weighted by atomic mass is 10.3. The molecule has 7 nitrogen and oxygen atoms in total. The Kier molecular flexibility index (Phi) is 4.26. The van der Waals surface area contributed by atoms with Crippen molar-refractivity contribution in [3.05, 3.63) is 36.7 Å². The first-order valence-electron chi connectivity index (χ1n) is 5.91. The SMILES string of the molecule is COCCn1cc(NS(=O)(=O)c2ccc(N)cc2)cn1. The highest BCUT2D eigenvalue weighted by atomic mass is 32.2. The van der Waals surface area contributed by atoms with Gasteiger partial charge in [0.1, 0.15) is 0 Å². The van der Waals surface area contributed by atoms with Gasteiger partial charge in [0.2, 0.25) is 0 Å². The van der Waals surface area contributed by atoms with Crippen LogP contribution < -0.4 is 10.5 Å². The molecule has 0 aliphatic heterocycles. The number of hydrogen-bond acceptors (Lipinski definition) is 5. The predicted molar refractivity (Wildman–Crippen MR) is 75.8 cm³/mol. The summed E-state index contributed by atoms with van der Waals surface area (Å²) in [4.78, 5) is 0.149. The molecule has 108 valence electrons. The summed E-state index contributed by atoms with van der Waals surface area (Å²) in [5, 5.41) is 4.04. The van der Waals surface area contributed by atoms with Gasteiger partial charge in [0.25, 0.3) is 10.0 Å². The summed E-state index contributed by atoms with van der Waals surface area (Å²) in [5.41, 5.74) is 6.44. The van der Waals surface area contributed by atoms with Gasteiger partial charge in [-0.3, -0.25) is 9.40 Å². The molecule has 0 radical (unpaired) electrons. The number of aromatic nitrogens is 2. The van der Waals surface area contributed by atoms with Crippen molar-refractivity contribution in [1.29, 1.82) is 0 Å². The Morgan fingerprint density at radius 1 is 1.35 bits per heavy atom. The summed E-state index contributed by atoms with van der Waals surface area (Å²) in [6.45, 7) is 1.06. The van der Waals surface area contributed by atoms with Gasteiger partial charge in [-0.05, 0) is 24.3 Å². The maximum Gasteiger partial charge on any atom is 0.261 e. The highest BCUT2D eigenvalue weighted by molar-refractivity contribution is 7.92. The molecule has 0 amide bonds. The van der Waals surface area contributed by atoms with Crippen LogP contribution in [-0.2, 0) is 21.3 Å². The average molecular weight is 296 g/mol.